The van der Waals surface area contributed by atoms with Crippen LogP contribution in [0.15, 0.2) is 47.5 Å². The minimum absolute atomic E-state index is 0.0827. The lowest BCUT2D eigenvalue weighted by Gasteiger charge is -2.16. The molecule has 33 heavy (non-hydrogen) atoms. The third-order valence-electron chi connectivity index (χ3n) is 4.52. The van der Waals surface area contributed by atoms with E-state index in [0.717, 1.165) is 5.56 Å². The molecular weight excluding hydrogens is 484 g/mol. The number of nitrogens with one attached hydrogen (secondary N) is 1. The van der Waals surface area contributed by atoms with Crippen molar-refractivity contribution in [2.75, 3.05) is 18.2 Å². The molecule has 1 atom stereocenters. The molecule has 0 spiro atoms. The summed E-state index contributed by atoms with van der Waals surface area (Å²) in [5.41, 5.74) is 1.23. The van der Waals surface area contributed by atoms with Crippen molar-refractivity contribution in [3.63, 3.8) is 0 Å². The molecule has 0 aliphatic rings. The number of esters is 1. The van der Waals surface area contributed by atoms with Crippen LogP contribution in [0.2, 0.25) is 5.02 Å². The molecular formula is C22H23ClN4O4S2. The first-order valence-corrected chi connectivity index (χ1v) is 12.1. The van der Waals surface area contributed by atoms with E-state index in [4.69, 9.17) is 21.1 Å². The van der Waals surface area contributed by atoms with E-state index >= 15 is 0 Å². The van der Waals surface area contributed by atoms with E-state index in [1.165, 1.54) is 30.2 Å². The zero-order valence-corrected chi connectivity index (χ0v) is 20.7. The van der Waals surface area contributed by atoms with E-state index in [2.05, 4.69) is 22.1 Å². The van der Waals surface area contributed by atoms with Crippen LogP contribution in [0.1, 0.15) is 34.8 Å². The molecule has 0 radical (unpaired) electrons. The van der Waals surface area contributed by atoms with Crippen LogP contribution in [0.5, 0.6) is 5.75 Å². The zero-order chi connectivity index (χ0) is 24.0. The molecule has 2 aromatic heterocycles. The molecule has 11 heteroatoms. The molecule has 3 aromatic rings. The molecule has 8 nitrogen and oxygen atoms in total. The van der Waals surface area contributed by atoms with Crippen LogP contribution in [0.3, 0.4) is 0 Å². The van der Waals surface area contributed by atoms with Crippen LogP contribution in [-0.4, -0.2) is 39.5 Å². The summed E-state index contributed by atoms with van der Waals surface area (Å²) < 4.78 is 12.6. The number of aromatic nitrogens is 3. The molecule has 1 N–H and O–H groups in total. The van der Waals surface area contributed by atoms with Gasteiger partial charge in [0.2, 0.25) is 5.91 Å². The Morgan fingerprint density at radius 2 is 2.15 bits per heavy atom. The predicted octanol–water partition coefficient (Wildman–Crippen LogP) is 5.14. The summed E-state index contributed by atoms with van der Waals surface area (Å²) >= 11 is 8.57. The smallest absolute Gasteiger partial charge is 0.340 e. The monoisotopic (exact) mass is 506 g/mol. The van der Waals surface area contributed by atoms with E-state index in [0.29, 0.717) is 38.9 Å². The van der Waals surface area contributed by atoms with Crippen LogP contribution >= 0.6 is 34.7 Å². The molecule has 174 valence electrons. The van der Waals surface area contributed by atoms with E-state index in [9.17, 15) is 9.59 Å². The summed E-state index contributed by atoms with van der Waals surface area (Å²) in [5, 5.41) is 14.6. The van der Waals surface area contributed by atoms with Crippen LogP contribution in [0.25, 0.3) is 0 Å². The second kappa shape index (κ2) is 11.4. The van der Waals surface area contributed by atoms with Gasteiger partial charge in [-0.3, -0.25) is 9.36 Å². The minimum atomic E-state index is -0.501. The molecule has 0 saturated carbocycles. The fourth-order valence-electron chi connectivity index (χ4n) is 2.93. The predicted molar refractivity (Wildman–Crippen MR) is 130 cm³/mol. The number of anilines is 1. The third-order valence-corrected chi connectivity index (χ3v) is 6.74. The Bertz CT molecular complexity index is 1160. The van der Waals surface area contributed by atoms with E-state index < -0.39 is 12.1 Å². The SMILES string of the molecule is C=CCn1c(SCC(=O)Nc2sccc2C(=O)OC)nnc1C(C)Oc1ccc(Cl)c(C)c1. The van der Waals surface area contributed by atoms with Crippen molar-refractivity contribution in [1.82, 2.24) is 14.8 Å². The highest BCUT2D eigenvalue weighted by Gasteiger charge is 2.21. The first-order chi connectivity index (χ1) is 15.8. The van der Waals surface area contributed by atoms with Crippen molar-refractivity contribution in [3.8, 4) is 5.75 Å². The maximum absolute atomic E-state index is 12.5. The van der Waals surface area contributed by atoms with Gasteiger partial charge in [0, 0.05) is 11.6 Å². The number of amides is 1. The van der Waals surface area contributed by atoms with Gasteiger partial charge in [-0.2, -0.15) is 0 Å². The fourth-order valence-corrected chi connectivity index (χ4v) is 4.59. The number of aryl methyl sites for hydroxylation is 1. The highest BCUT2D eigenvalue weighted by atomic mass is 35.5. The number of hydrogen-bond donors (Lipinski definition) is 1. The Kier molecular flexibility index (Phi) is 8.54. The first kappa shape index (κ1) is 24.8. The summed E-state index contributed by atoms with van der Waals surface area (Å²) in [6.45, 7) is 8.04. The Hall–Kier alpha value is -2.82. The van der Waals surface area contributed by atoms with Gasteiger partial charge in [-0.15, -0.1) is 28.1 Å². The molecule has 2 heterocycles. The quantitative estimate of drug-likeness (QED) is 0.231. The summed E-state index contributed by atoms with van der Waals surface area (Å²) in [7, 11) is 1.30. The summed E-state index contributed by atoms with van der Waals surface area (Å²) in [5.74, 6) is 0.585. The fraction of sp³-hybridized carbons (Fsp3) is 0.273. The largest absolute Gasteiger partial charge is 0.483 e. The lowest BCUT2D eigenvalue weighted by atomic mass is 10.2. The number of allylic oxidation sites excluding steroid dienone is 1. The number of carbonyl (C=O) groups is 2. The maximum Gasteiger partial charge on any atom is 0.340 e. The van der Waals surface area contributed by atoms with Crippen LogP contribution in [0.4, 0.5) is 5.00 Å². The average molecular weight is 507 g/mol. The van der Waals surface area contributed by atoms with Gasteiger partial charge < -0.3 is 14.8 Å². The number of nitrogens with zero attached hydrogens (tertiary/aromatic N) is 3. The topological polar surface area (TPSA) is 95.3 Å². The summed E-state index contributed by atoms with van der Waals surface area (Å²) in [4.78, 5) is 24.3. The number of benzene rings is 1. The van der Waals surface area contributed by atoms with E-state index in [1.807, 2.05) is 24.5 Å². The Morgan fingerprint density at radius 1 is 1.36 bits per heavy atom. The van der Waals surface area contributed by atoms with Crippen LogP contribution in [0, 0.1) is 6.92 Å². The Balaban J connectivity index is 1.68. The molecule has 0 fully saturated rings. The normalized spacial score (nSPS) is 11.6. The van der Waals surface area contributed by atoms with Gasteiger partial charge >= 0.3 is 5.97 Å². The van der Waals surface area contributed by atoms with Gasteiger partial charge in [0.15, 0.2) is 17.1 Å². The van der Waals surface area contributed by atoms with Gasteiger partial charge in [0.25, 0.3) is 0 Å². The molecule has 0 aliphatic carbocycles. The van der Waals surface area contributed by atoms with Crippen molar-refractivity contribution in [3.05, 3.63) is 64.3 Å². The lowest BCUT2D eigenvalue weighted by Crippen LogP contribution is -2.16. The molecule has 1 aromatic carbocycles. The second-order valence-electron chi connectivity index (χ2n) is 6.90. The van der Waals surface area contributed by atoms with Crippen molar-refractivity contribution in [2.24, 2.45) is 0 Å². The molecule has 0 bridgehead atoms. The first-order valence-electron chi connectivity index (χ1n) is 9.89. The van der Waals surface area contributed by atoms with E-state index in [-0.39, 0.29) is 11.7 Å². The number of halogens is 1. The van der Waals surface area contributed by atoms with Crippen molar-refractivity contribution in [2.45, 2.75) is 31.7 Å². The number of thiophene rings is 1. The number of ether oxygens (including phenoxy) is 2. The van der Waals surface area contributed by atoms with Gasteiger partial charge in [0.1, 0.15) is 10.8 Å². The molecule has 3 rings (SSSR count). The molecule has 1 amide bonds. The second-order valence-corrected chi connectivity index (χ2v) is 9.17. The highest BCUT2D eigenvalue weighted by molar-refractivity contribution is 7.99. The Labute approximate surface area is 204 Å². The lowest BCUT2D eigenvalue weighted by molar-refractivity contribution is -0.113. The standard InChI is InChI=1S/C22H23ClN4O4S2/c1-5-9-27-19(14(3)31-15-6-7-17(23)13(2)11-15)25-26-22(27)33-12-18(28)24-20-16(8-10-32-20)21(29)30-4/h5-8,10-11,14H,1,9,12H2,2-4H3,(H,24,28). The number of rotatable bonds is 10. The van der Waals surface area contributed by atoms with Gasteiger partial charge in [0.05, 0.1) is 18.4 Å². The Morgan fingerprint density at radius 3 is 2.85 bits per heavy atom. The van der Waals surface area contributed by atoms with Crippen molar-refractivity contribution in [1.29, 1.82) is 0 Å². The van der Waals surface area contributed by atoms with Crippen molar-refractivity contribution < 1.29 is 19.1 Å². The maximum atomic E-state index is 12.5. The average Bonchev–Trinajstić information content (AvgIpc) is 3.41. The van der Waals surface area contributed by atoms with Crippen LogP contribution < -0.4 is 10.1 Å². The van der Waals surface area contributed by atoms with Gasteiger partial charge in [-0.1, -0.05) is 29.4 Å². The molecule has 0 saturated heterocycles. The number of hydrogen-bond acceptors (Lipinski definition) is 8. The van der Waals surface area contributed by atoms with Crippen LogP contribution in [-0.2, 0) is 16.1 Å². The number of thioether (sulfide) groups is 1. The molecule has 1 unspecified atom stereocenters. The van der Waals surface area contributed by atoms with Crippen molar-refractivity contribution >= 4 is 51.6 Å². The minimum Gasteiger partial charge on any atom is -0.483 e. The summed E-state index contributed by atoms with van der Waals surface area (Å²) in [6, 6.07) is 7.05. The number of methoxy groups -OCH3 is 1. The zero-order valence-electron chi connectivity index (χ0n) is 18.3. The van der Waals surface area contributed by atoms with E-state index in [1.54, 1.807) is 29.7 Å². The third kappa shape index (κ3) is 6.16. The van der Waals surface area contributed by atoms with Gasteiger partial charge in [-0.05, 0) is 49.1 Å². The molecule has 0 aliphatic heterocycles. The number of carbonyl (C=O) groups excluding carboxylic acids is 2. The summed E-state index contributed by atoms with van der Waals surface area (Å²) in [6.07, 6.45) is 1.33. The van der Waals surface area contributed by atoms with Gasteiger partial charge in [-0.25, -0.2) is 4.79 Å². The highest BCUT2D eigenvalue weighted by Crippen LogP contribution is 2.28.